The van der Waals surface area contributed by atoms with E-state index >= 15 is 0 Å². The molecule has 0 N–H and O–H groups in total. The minimum absolute atomic E-state index is 0.865. The van der Waals surface area contributed by atoms with Crippen LogP contribution >= 0.6 is 0 Å². The molecule has 13 aromatic rings. The molecular weight excluding hydrogens is 871 g/mol. The zero-order valence-electron chi connectivity index (χ0n) is 40.9. The van der Waals surface area contributed by atoms with Crippen LogP contribution in [0.5, 0.6) is 0 Å². The lowest BCUT2D eigenvalue weighted by Crippen LogP contribution is -2.12. The van der Waals surface area contributed by atoms with Crippen LogP contribution in [0.2, 0.25) is 0 Å². The number of nitrogens with zero attached hydrogens (tertiary/aromatic N) is 3. The third-order valence-corrected chi connectivity index (χ3v) is 14.5. The molecule has 0 saturated carbocycles. The van der Waals surface area contributed by atoms with Crippen LogP contribution in [0.25, 0.3) is 87.0 Å². The van der Waals surface area contributed by atoms with Gasteiger partial charge in [-0.05, 0) is 205 Å². The SMILES string of the molecule is Cc1cc(C)cc(N(c2ccc3ccccc3c2)c2ccc3c(-c4cccc5ccccc45)c4cc(N(c5cc(C)cc(C)c5)c5ccc6ccccc6n5)ccc4c(-c4cccc5ccccc45)c3c2)c1. The second kappa shape index (κ2) is 17.4. The van der Waals surface area contributed by atoms with Crippen molar-refractivity contribution in [3.8, 4) is 22.3 Å². The molecule has 0 fully saturated rings. The van der Waals surface area contributed by atoms with Crippen LogP contribution in [0, 0.1) is 27.7 Å². The van der Waals surface area contributed by atoms with Gasteiger partial charge in [-0.2, -0.15) is 0 Å². The zero-order valence-corrected chi connectivity index (χ0v) is 40.9. The highest BCUT2D eigenvalue weighted by molar-refractivity contribution is 6.26. The number of para-hydroxylation sites is 1. The Bertz CT molecular complexity index is 3970. The van der Waals surface area contributed by atoms with E-state index in [4.69, 9.17) is 4.98 Å². The fourth-order valence-electron chi connectivity index (χ4n) is 11.5. The molecule has 342 valence electrons. The zero-order chi connectivity index (χ0) is 48.5. The van der Waals surface area contributed by atoms with Gasteiger partial charge in [0.1, 0.15) is 5.82 Å². The molecule has 0 aliphatic carbocycles. The number of hydrogen-bond acceptors (Lipinski definition) is 3. The minimum Gasteiger partial charge on any atom is -0.310 e. The number of aromatic nitrogens is 1. The van der Waals surface area contributed by atoms with E-state index in [9.17, 15) is 0 Å². The molecule has 3 heteroatoms. The standard InChI is InChI=1S/C69H51N3/c1-44-35-45(2)38-56(37-44)71(53-29-27-48-15-5-6-19-52(48)41-53)54-30-32-62-64(42-54)68(60-24-13-20-49-16-7-10-22-58(49)60)63-33-31-55(43-65(63)69(62)61-25-14-21-50-17-8-11-23-59(50)61)72(57-39-46(3)36-47(4)40-57)67-34-28-51-18-9-12-26-66(51)70-67/h5-43H,1-4H3. The smallest absolute Gasteiger partial charge is 0.138 e. The lowest BCUT2D eigenvalue weighted by atomic mass is 9.83. The highest BCUT2D eigenvalue weighted by Gasteiger charge is 2.24. The number of pyridine rings is 1. The Labute approximate surface area is 420 Å². The molecule has 0 spiro atoms. The van der Waals surface area contributed by atoms with Crippen molar-refractivity contribution in [1.82, 2.24) is 4.98 Å². The summed E-state index contributed by atoms with van der Waals surface area (Å²) in [6, 6.07) is 87.4. The lowest BCUT2D eigenvalue weighted by Gasteiger charge is -2.29. The Morgan fingerprint density at radius 3 is 1.28 bits per heavy atom. The summed E-state index contributed by atoms with van der Waals surface area (Å²) in [5, 5.41) is 13.1. The number of fused-ring (bicyclic) bond motifs is 6. The molecule has 0 saturated heterocycles. The molecule has 3 nitrogen and oxygen atoms in total. The van der Waals surface area contributed by atoms with Crippen molar-refractivity contribution in [2.24, 2.45) is 0 Å². The van der Waals surface area contributed by atoms with Crippen molar-refractivity contribution in [2.45, 2.75) is 27.7 Å². The van der Waals surface area contributed by atoms with Crippen molar-refractivity contribution >= 4 is 99.0 Å². The minimum atomic E-state index is 0.865. The van der Waals surface area contributed by atoms with E-state index in [1.165, 1.54) is 98.4 Å². The molecule has 13 rings (SSSR count). The molecule has 1 heterocycles. The van der Waals surface area contributed by atoms with Gasteiger partial charge in [0.05, 0.1) is 5.52 Å². The Kier molecular flexibility index (Phi) is 10.4. The van der Waals surface area contributed by atoms with Gasteiger partial charge in [0.25, 0.3) is 0 Å². The van der Waals surface area contributed by atoms with E-state index in [1.54, 1.807) is 0 Å². The first-order valence-electron chi connectivity index (χ1n) is 24.9. The largest absolute Gasteiger partial charge is 0.310 e. The van der Waals surface area contributed by atoms with Gasteiger partial charge >= 0.3 is 0 Å². The van der Waals surface area contributed by atoms with Gasteiger partial charge in [0.15, 0.2) is 0 Å². The summed E-state index contributed by atoms with van der Waals surface area (Å²) in [5.74, 6) is 0.865. The normalized spacial score (nSPS) is 11.6. The first-order valence-corrected chi connectivity index (χ1v) is 24.9. The maximum Gasteiger partial charge on any atom is 0.138 e. The second-order valence-electron chi connectivity index (χ2n) is 19.5. The van der Waals surface area contributed by atoms with Gasteiger partial charge < -0.3 is 4.90 Å². The van der Waals surface area contributed by atoms with Crippen LogP contribution in [0.4, 0.5) is 34.3 Å². The van der Waals surface area contributed by atoms with E-state index in [1.807, 2.05) is 0 Å². The first kappa shape index (κ1) is 43.0. The average molecular weight is 922 g/mol. The van der Waals surface area contributed by atoms with Crippen molar-refractivity contribution in [3.63, 3.8) is 0 Å². The average Bonchev–Trinajstić information content (AvgIpc) is 3.39. The van der Waals surface area contributed by atoms with E-state index in [0.29, 0.717) is 0 Å². The van der Waals surface area contributed by atoms with E-state index < -0.39 is 0 Å². The summed E-state index contributed by atoms with van der Waals surface area (Å²) in [6.45, 7) is 8.75. The predicted octanol–water partition coefficient (Wildman–Crippen LogP) is 19.5. The molecule has 0 amide bonds. The van der Waals surface area contributed by atoms with Crippen LogP contribution in [0.3, 0.4) is 0 Å². The monoisotopic (exact) mass is 921 g/mol. The molecule has 1 aromatic heterocycles. The van der Waals surface area contributed by atoms with Gasteiger partial charge in [-0.25, -0.2) is 4.98 Å². The van der Waals surface area contributed by atoms with Crippen LogP contribution in [-0.2, 0) is 0 Å². The van der Waals surface area contributed by atoms with Crippen LogP contribution in [-0.4, -0.2) is 4.98 Å². The van der Waals surface area contributed by atoms with E-state index in [-0.39, 0.29) is 0 Å². The Morgan fingerprint density at radius 1 is 0.264 bits per heavy atom. The van der Waals surface area contributed by atoms with Gasteiger partial charge in [-0.15, -0.1) is 0 Å². The molecular formula is C69H51N3. The third-order valence-electron chi connectivity index (χ3n) is 14.5. The summed E-state index contributed by atoms with van der Waals surface area (Å²) >= 11 is 0. The molecule has 0 aliphatic heterocycles. The summed E-state index contributed by atoms with van der Waals surface area (Å²) in [5.41, 5.74) is 16.0. The first-order chi connectivity index (χ1) is 35.3. The summed E-state index contributed by atoms with van der Waals surface area (Å²) in [7, 11) is 0. The van der Waals surface area contributed by atoms with E-state index in [2.05, 4.69) is 274 Å². The van der Waals surface area contributed by atoms with Crippen LogP contribution < -0.4 is 9.80 Å². The number of benzene rings is 12. The molecule has 0 atom stereocenters. The van der Waals surface area contributed by atoms with E-state index in [0.717, 1.165) is 45.2 Å². The molecule has 12 aromatic carbocycles. The fourth-order valence-corrected chi connectivity index (χ4v) is 11.5. The Hall–Kier alpha value is -9.05. The predicted molar refractivity (Wildman–Crippen MR) is 308 cm³/mol. The van der Waals surface area contributed by atoms with Gasteiger partial charge in [0.2, 0.25) is 0 Å². The molecule has 0 bridgehead atoms. The topological polar surface area (TPSA) is 19.4 Å². The maximum atomic E-state index is 5.36. The lowest BCUT2D eigenvalue weighted by molar-refractivity contribution is 1.20. The summed E-state index contributed by atoms with van der Waals surface area (Å²) in [4.78, 5) is 10.2. The van der Waals surface area contributed by atoms with Crippen LogP contribution in [0.1, 0.15) is 22.3 Å². The molecule has 72 heavy (non-hydrogen) atoms. The van der Waals surface area contributed by atoms with Crippen molar-refractivity contribution in [3.05, 3.63) is 259 Å². The van der Waals surface area contributed by atoms with Crippen LogP contribution in [0.15, 0.2) is 237 Å². The number of hydrogen-bond donors (Lipinski definition) is 0. The van der Waals surface area contributed by atoms with Crippen molar-refractivity contribution in [2.75, 3.05) is 9.80 Å². The Balaban J connectivity index is 1.17. The quantitative estimate of drug-likeness (QED) is 0.142. The highest BCUT2D eigenvalue weighted by atomic mass is 15.2. The highest BCUT2D eigenvalue weighted by Crippen LogP contribution is 2.50. The molecule has 0 aliphatic rings. The van der Waals surface area contributed by atoms with Crippen molar-refractivity contribution in [1.29, 1.82) is 0 Å². The fraction of sp³-hybridized carbons (Fsp3) is 0.0580. The van der Waals surface area contributed by atoms with Gasteiger partial charge in [-0.3, -0.25) is 4.90 Å². The summed E-state index contributed by atoms with van der Waals surface area (Å²) in [6.07, 6.45) is 0. The molecule has 0 radical (unpaired) electrons. The third kappa shape index (κ3) is 7.50. The number of anilines is 6. The van der Waals surface area contributed by atoms with Crippen molar-refractivity contribution < 1.29 is 0 Å². The number of aryl methyl sites for hydroxylation is 4. The molecule has 0 unspecified atom stereocenters. The summed E-state index contributed by atoms with van der Waals surface area (Å²) < 4.78 is 0. The maximum absolute atomic E-state index is 5.36. The second-order valence-corrected chi connectivity index (χ2v) is 19.5. The van der Waals surface area contributed by atoms with Gasteiger partial charge in [-0.1, -0.05) is 158 Å². The number of rotatable bonds is 8. The Morgan fingerprint density at radius 2 is 0.694 bits per heavy atom. The van der Waals surface area contributed by atoms with Gasteiger partial charge in [0, 0.05) is 33.8 Å².